The summed E-state index contributed by atoms with van der Waals surface area (Å²) in [4.78, 5) is 3.97. The highest BCUT2D eigenvalue weighted by Gasteiger charge is 1.94. The summed E-state index contributed by atoms with van der Waals surface area (Å²) in [6.07, 6.45) is 3.42. The van der Waals surface area contributed by atoms with Crippen molar-refractivity contribution >= 4 is 0 Å². The standard InChI is InChI=1S/C12H11NO/c1-10-4-6-11(7-5-10)14-12-3-2-8-13-9-12/h2-9H,1H3. The van der Waals surface area contributed by atoms with Crippen LogP contribution in [-0.4, -0.2) is 4.98 Å². The van der Waals surface area contributed by atoms with Crippen LogP contribution in [0.2, 0.25) is 0 Å². The minimum Gasteiger partial charge on any atom is -0.456 e. The van der Waals surface area contributed by atoms with Gasteiger partial charge in [-0.1, -0.05) is 17.7 Å². The Morgan fingerprint density at radius 3 is 2.43 bits per heavy atom. The number of hydrogen-bond donors (Lipinski definition) is 0. The summed E-state index contributed by atoms with van der Waals surface area (Å²) in [5.74, 6) is 1.60. The van der Waals surface area contributed by atoms with Crippen LogP contribution in [0.4, 0.5) is 0 Å². The Balaban J connectivity index is 2.16. The molecule has 0 saturated carbocycles. The van der Waals surface area contributed by atoms with Gasteiger partial charge in [0.15, 0.2) is 0 Å². The first-order chi connectivity index (χ1) is 6.84. The molecular formula is C12H11NO. The van der Waals surface area contributed by atoms with E-state index in [1.807, 2.05) is 43.3 Å². The van der Waals surface area contributed by atoms with Crippen LogP contribution in [-0.2, 0) is 0 Å². The fraction of sp³-hybridized carbons (Fsp3) is 0.0833. The van der Waals surface area contributed by atoms with Gasteiger partial charge in [0, 0.05) is 6.20 Å². The molecule has 0 atom stereocenters. The summed E-state index contributed by atoms with van der Waals surface area (Å²) in [5.41, 5.74) is 1.23. The Kier molecular flexibility index (Phi) is 2.45. The van der Waals surface area contributed by atoms with Crippen LogP contribution < -0.4 is 4.74 Å². The average molecular weight is 185 g/mol. The molecule has 0 amide bonds. The van der Waals surface area contributed by atoms with Crippen LogP contribution >= 0.6 is 0 Å². The Hall–Kier alpha value is -1.83. The molecule has 70 valence electrons. The van der Waals surface area contributed by atoms with Crippen molar-refractivity contribution in [2.75, 3.05) is 0 Å². The summed E-state index contributed by atoms with van der Waals surface area (Å²) in [7, 11) is 0. The second kappa shape index (κ2) is 3.92. The lowest BCUT2D eigenvalue weighted by Gasteiger charge is -2.04. The van der Waals surface area contributed by atoms with Gasteiger partial charge >= 0.3 is 0 Å². The molecule has 14 heavy (non-hydrogen) atoms. The second-order valence-electron chi connectivity index (χ2n) is 3.10. The number of rotatable bonds is 2. The fourth-order valence-electron chi connectivity index (χ4n) is 1.15. The van der Waals surface area contributed by atoms with Gasteiger partial charge in [0.05, 0.1) is 6.20 Å². The molecule has 1 aromatic carbocycles. The molecule has 2 rings (SSSR count). The molecular weight excluding hydrogens is 174 g/mol. The number of hydrogen-bond acceptors (Lipinski definition) is 2. The predicted octanol–water partition coefficient (Wildman–Crippen LogP) is 3.18. The van der Waals surface area contributed by atoms with Gasteiger partial charge in [-0.3, -0.25) is 4.98 Å². The molecule has 0 saturated heterocycles. The van der Waals surface area contributed by atoms with Crippen molar-refractivity contribution in [1.29, 1.82) is 0 Å². The molecule has 0 aliphatic carbocycles. The third-order valence-corrected chi connectivity index (χ3v) is 1.89. The zero-order chi connectivity index (χ0) is 9.80. The molecule has 0 unspecified atom stereocenters. The van der Waals surface area contributed by atoms with E-state index in [2.05, 4.69) is 4.98 Å². The molecule has 2 aromatic rings. The lowest BCUT2D eigenvalue weighted by Crippen LogP contribution is -1.84. The van der Waals surface area contributed by atoms with Crippen molar-refractivity contribution in [3.8, 4) is 11.5 Å². The number of pyridine rings is 1. The molecule has 1 heterocycles. The molecule has 0 aliphatic heterocycles. The highest BCUT2D eigenvalue weighted by Crippen LogP contribution is 2.19. The smallest absolute Gasteiger partial charge is 0.145 e. The van der Waals surface area contributed by atoms with Crippen LogP contribution in [0.15, 0.2) is 48.8 Å². The van der Waals surface area contributed by atoms with E-state index in [9.17, 15) is 0 Å². The highest BCUT2D eigenvalue weighted by atomic mass is 16.5. The molecule has 0 N–H and O–H groups in total. The average Bonchev–Trinajstić information content (AvgIpc) is 2.23. The van der Waals surface area contributed by atoms with Crippen molar-refractivity contribution in [3.05, 3.63) is 54.4 Å². The van der Waals surface area contributed by atoms with Crippen molar-refractivity contribution < 1.29 is 4.74 Å². The largest absolute Gasteiger partial charge is 0.456 e. The maximum absolute atomic E-state index is 5.57. The first kappa shape index (κ1) is 8.75. The maximum Gasteiger partial charge on any atom is 0.145 e. The van der Waals surface area contributed by atoms with E-state index in [4.69, 9.17) is 4.74 Å². The van der Waals surface area contributed by atoms with Crippen molar-refractivity contribution in [2.24, 2.45) is 0 Å². The number of ether oxygens (including phenoxy) is 1. The molecule has 0 radical (unpaired) electrons. The van der Waals surface area contributed by atoms with Crippen LogP contribution in [0.3, 0.4) is 0 Å². The van der Waals surface area contributed by atoms with Gasteiger partial charge in [0.2, 0.25) is 0 Å². The normalized spacial score (nSPS) is 9.79. The van der Waals surface area contributed by atoms with Gasteiger partial charge in [-0.2, -0.15) is 0 Å². The molecule has 2 nitrogen and oxygen atoms in total. The number of aryl methyl sites for hydroxylation is 1. The zero-order valence-electron chi connectivity index (χ0n) is 7.97. The Morgan fingerprint density at radius 1 is 1.00 bits per heavy atom. The van der Waals surface area contributed by atoms with Crippen molar-refractivity contribution in [3.63, 3.8) is 0 Å². The van der Waals surface area contributed by atoms with E-state index in [-0.39, 0.29) is 0 Å². The zero-order valence-corrected chi connectivity index (χ0v) is 7.97. The van der Waals surface area contributed by atoms with Gasteiger partial charge in [0.25, 0.3) is 0 Å². The van der Waals surface area contributed by atoms with E-state index < -0.39 is 0 Å². The maximum atomic E-state index is 5.57. The number of nitrogens with zero attached hydrogens (tertiary/aromatic N) is 1. The summed E-state index contributed by atoms with van der Waals surface area (Å²) < 4.78 is 5.57. The minimum atomic E-state index is 0.761. The summed E-state index contributed by atoms with van der Waals surface area (Å²) >= 11 is 0. The topological polar surface area (TPSA) is 22.1 Å². The van der Waals surface area contributed by atoms with Crippen molar-refractivity contribution in [2.45, 2.75) is 6.92 Å². The SMILES string of the molecule is Cc1ccc(Oc2cccnc2)cc1. The van der Waals surface area contributed by atoms with E-state index in [1.54, 1.807) is 12.4 Å². The van der Waals surface area contributed by atoms with E-state index >= 15 is 0 Å². The number of benzene rings is 1. The molecule has 2 heteroatoms. The Morgan fingerprint density at radius 2 is 1.79 bits per heavy atom. The van der Waals surface area contributed by atoms with Gasteiger partial charge in [-0.05, 0) is 31.2 Å². The van der Waals surface area contributed by atoms with Gasteiger partial charge in [-0.25, -0.2) is 0 Å². The second-order valence-corrected chi connectivity index (χ2v) is 3.10. The lowest BCUT2D eigenvalue weighted by molar-refractivity contribution is 0.480. The van der Waals surface area contributed by atoms with Crippen LogP contribution in [0.5, 0.6) is 11.5 Å². The quantitative estimate of drug-likeness (QED) is 0.716. The molecule has 0 bridgehead atoms. The van der Waals surface area contributed by atoms with Gasteiger partial charge < -0.3 is 4.74 Å². The monoisotopic (exact) mass is 185 g/mol. The van der Waals surface area contributed by atoms with Crippen molar-refractivity contribution in [1.82, 2.24) is 4.98 Å². The first-order valence-corrected chi connectivity index (χ1v) is 4.49. The highest BCUT2D eigenvalue weighted by molar-refractivity contribution is 5.31. The lowest BCUT2D eigenvalue weighted by atomic mass is 10.2. The van der Waals surface area contributed by atoms with Gasteiger partial charge in [-0.15, -0.1) is 0 Å². The minimum absolute atomic E-state index is 0.761. The molecule has 1 aromatic heterocycles. The summed E-state index contributed by atoms with van der Waals surface area (Å²) in [6.45, 7) is 2.05. The van der Waals surface area contributed by atoms with E-state index in [1.165, 1.54) is 5.56 Å². The van der Waals surface area contributed by atoms with Crippen LogP contribution in [0.1, 0.15) is 5.56 Å². The van der Waals surface area contributed by atoms with Crippen LogP contribution in [0.25, 0.3) is 0 Å². The molecule has 0 spiro atoms. The summed E-state index contributed by atoms with van der Waals surface area (Å²) in [6, 6.07) is 11.7. The Labute approximate surface area is 83.2 Å². The first-order valence-electron chi connectivity index (χ1n) is 4.49. The van der Waals surface area contributed by atoms with Crippen LogP contribution in [0, 0.1) is 6.92 Å². The third kappa shape index (κ3) is 2.10. The molecule has 0 aliphatic rings. The third-order valence-electron chi connectivity index (χ3n) is 1.89. The van der Waals surface area contributed by atoms with Gasteiger partial charge in [0.1, 0.15) is 11.5 Å². The predicted molar refractivity (Wildman–Crippen MR) is 55.5 cm³/mol. The van der Waals surface area contributed by atoms with E-state index in [0.717, 1.165) is 11.5 Å². The summed E-state index contributed by atoms with van der Waals surface area (Å²) in [5, 5.41) is 0. The fourth-order valence-corrected chi connectivity index (χ4v) is 1.15. The van der Waals surface area contributed by atoms with E-state index in [0.29, 0.717) is 0 Å². The number of aromatic nitrogens is 1. The molecule has 0 fully saturated rings. The Bertz CT molecular complexity index is 394.